The smallest absolute Gasteiger partial charge is 0.0973 e. The summed E-state index contributed by atoms with van der Waals surface area (Å²) in [6.45, 7) is 0. The summed E-state index contributed by atoms with van der Waals surface area (Å²) in [4.78, 5) is 14.8. The Morgan fingerprint density at radius 2 is 1.03 bits per heavy atom. The number of hydrogen-bond donors (Lipinski definition) is 0. The van der Waals surface area contributed by atoms with Crippen LogP contribution in [0.2, 0.25) is 0 Å². The average molecular weight is 460 g/mol. The molecule has 0 atom stereocenters. The van der Waals surface area contributed by atoms with Crippen LogP contribution in [0.15, 0.2) is 128 Å². The summed E-state index contributed by atoms with van der Waals surface area (Å²) in [6, 6.07) is 41.8. The first kappa shape index (κ1) is 20.5. The van der Waals surface area contributed by atoms with Crippen LogP contribution in [0.1, 0.15) is 0 Å². The highest BCUT2D eigenvalue weighted by Crippen LogP contribution is 2.34. The van der Waals surface area contributed by atoms with E-state index in [-0.39, 0.29) is 0 Å². The molecule has 2 heterocycles. The fourth-order valence-electron chi connectivity index (χ4n) is 4.88. The average Bonchev–Trinajstić information content (AvgIpc) is 2.96. The molecule has 0 radical (unpaired) electrons. The summed E-state index contributed by atoms with van der Waals surface area (Å²) < 4.78 is 0. The van der Waals surface area contributed by atoms with Crippen molar-refractivity contribution in [2.75, 3.05) is 0 Å². The summed E-state index contributed by atoms with van der Waals surface area (Å²) in [7, 11) is 0. The predicted molar refractivity (Wildman–Crippen MR) is 149 cm³/mol. The molecule has 168 valence electrons. The van der Waals surface area contributed by atoms with Gasteiger partial charge in [0.25, 0.3) is 0 Å². The molecule has 7 rings (SSSR count). The van der Waals surface area contributed by atoms with E-state index in [1.165, 1.54) is 10.8 Å². The minimum absolute atomic E-state index is 0.881. The molecule has 5 aromatic carbocycles. The van der Waals surface area contributed by atoms with Crippen molar-refractivity contribution in [2.45, 2.75) is 0 Å². The molecule has 0 saturated carbocycles. The van der Waals surface area contributed by atoms with Crippen LogP contribution in [0.3, 0.4) is 0 Å². The number of nitrogens with zero attached hydrogens (tertiary/aromatic N) is 3. The topological polar surface area (TPSA) is 38.7 Å². The zero-order valence-corrected chi connectivity index (χ0v) is 19.5. The van der Waals surface area contributed by atoms with Gasteiger partial charge in [-0.1, -0.05) is 97.1 Å². The second-order valence-electron chi connectivity index (χ2n) is 8.93. The lowest BCUT2D eigenvalue weighted by Gasteiger charge is -2.12. The van der Waals surface area contributed by atoms with Crippen LogP contribution < -0.4 is 0 Å². The van der Waals surface area contributed by atoms with Crippen LogP contribution in [0.25, 0.3) is 66.4 Å². The van der Waals surface area contributed by atoms with Crippen LogP contribution in [0.5, 0.6) is 0 Å². The zero-order chi connectivity index (χ0) is 23.9. The van der Waals surface area contributed by atoms with E-state index in [9.17, 15) is 0 Å². The predicted octanol–water partition coefficient (Wildman–Crippen LogP) is 8.33. The maximum atomic E-state index is 5.07. The lowest BCUT2D eigenvalue weighted by atomic mass is 9.97. The van der Waals surface area contributed by atoms with Crippen LogP contribution in [-0.2, 0) is 0 Å². The Hall–Kier alpha value is -4.89. The molecule has 3 nitrogen and oxygen atoms in total. The van der Waals surface area contributed by atoms with E-state index in [1.807, 2.05) is 48.7 Å². The molecule has 0 amide bonds. The van der Waals surface area contributed by atoms with Crippen molar-refractivity contribution in [3.63, 3.8) is 0 Å². The van der Waals surface area contributed by atoms with Crippen LogP contribution >= 0.6 is 0 Å². The Kier molecular flexibility index (Phi) is 4.78. The van der Waals surface area contributed by atoms with Gasteiger partial charge in [0, 0.05) is 28.1 Å². The number of fused-ring (bicyclic) bond motifs is 4. The maximum absolute atomic E-state index is 5.07. The van der Waals surface area contributed by atoms with E-state index in [0.29, 0.717) is 0 Å². The number of para-hydroxylation sites is 2. The first-order valence-corrected chi connectivity index (χ1v) is 12.0. The molecule has 0 unspecified atom stereocenters. The molecule has 0 aliphatic carbocycles. The molecule has 3 heteroatoms. The van der Waals surface area contributed by atoms with Crippen molar-refractivity contribution in [1.82, 2.24) is 15.0 Å². The molecular weight excluding hydrogens is 438 g/mol. The lowest BCUT2D eigenvalue weighted by molar-refractivity contribution is 1.29. The highest BCUT2D eigenvalue weighted by molar-refractivity contribution is 6.06. The van der Waals surface area contributed by atoms with Gasteiger partial charge in [-0.3, -0.25) is 4.98 Å². The Labute approximate surface area is 208 Å². The van der Waals surface area contributed by atoms with Crippen molar-refractivity contribution in [3.8, 4) is 33.6 Å². The lowest BCUT2D eigenvalue weighted by Crippen LogP contribution is -1.95. The third kappa shape index (κ3) is 3.50. The molecule has 0 N–H and O–H groups in total. The first-order valence-electron chi connectivity index (χ1n) is 12.0. The van der Waals surface area contributed by atoms with Gasteiger partial charge < -0.3 is 0 Å². The number of rotatable bonds is 3. The van der Waals surface area contributed by atoms with E-state index in [2.05, 4.69) is 78.9 Å². The Bertz CT molecular complexity index is 1890. The molecule has 0 fully saturated rings. The third-order valence-corrected chi connectivity index (χ3v) is 6.68. The minimum Gasteiger partial charge on any atom is -0.256 e. The van der Waals surface area contributed by atoms with Gasteiger partial charge in [0.05, 0.1) is 27.9 Å². The van der Waals surface area contributed by atoms with Crippen LogP contribution in [0.4, 0.5) is 0 Å². The number of aromatic nitrogens is 3. The van der Waals surface area contributed by atoms with Gasteiger partial charge >= 0.3 is 0 Å². The van der Waals surface area contributed by atoms with E-state index in [4.69, 9.17) is 15.0 Å². The Morgan fingerprint density at radius 1 is 0.389 bits per heavy atom. The van der Waals surface area contributed by atoms with Gasteiger partial charge in [0.2, 0.25) is 0 Å². The SMILES string of the molecule is c1ccc(-c2nc3ccccc3nc2-c2cccc(-c3ccc4c(c3)ncc3ccccc34)c2)cc1. The van der Waals surface area contributed by atoms with Gasteiger partial charge in [0.1, 0.15) is 0 Å². The summed E-state index contributed by atoms with van der Waals surface area (Å²) in [5.74, 6) is 0. The Balaban J connectivity index is 1.39. The number of hydrogen-bond acceptors (Lipinski definition) is 3. The molecule has 0 spiro atoms. The highest BCUT2D eigenvalue weighted by atomic mass is 14.8. The van der Waals surface area contributed by atoms with Gasteiger partial charge in [-0.05, 0) is 40.8 Å². The molecule has 0 aliphatic heterocycles. The van der Waals surface area contributed by atoms with E-state index in [0.717, 1.165) is 55.6 Å². The molecule has 0 aliphatic rings. The van der Waals surface area contributed by atoms with Crippen LogP contribution in [0, 0.1) is 0 Å². The number of benzene rings is 5. The first-order chi connectivity index (χ1) is 17.8. The van der Waals surface area contributed by atoms with Gasteiger partial charge in [-0.2, -0.15) is 0 Å². The van der Waals surface area contributed by atoms with Crippen molar-refractivity contribution in [2.24, 2.45) is 0 Å². The summed E-state index contributed by atoms with van der Waals surface area (Å²) >= 11 is 0. The second kappa shape index (κ2) is 8.40. The fraction of sp³-hybridized carbons (Fsp3) is 0. The normalized spacial score (nSPS) is 11.3. The summed E-state index contributed by atoms with van der Waals surface area (Å²) in [5.41, 5.74) is 8.88. The third-order valence-electron chi connectivity index (χ3n) is 6.68. The van der Waals surface area contributed by atoms with Crippen molar-refractivity contribution in [1.29, 1.82) is 0 Å². The largest absolute Gasteiger partial charge is 0.256 e. The molecule has 0 bridgehead atoms. The fourth-order valence-corrected chi connectivity index (χ4v) is 4.88. The van der Waals surface area contributed by atoms with E-state index >= 15 is 0 Å². The molecule has 0 saturated heterocycles. The summed E-state index contributed by atoms with van der Waals surface area (Å²) in [6.07, 6.45) is 1.95. The standard InChI is InChI=1S/C33H21N3/c1-2-9-22(10-3-1)32-33(36-30-16-7-6-15-29(30)35-32)25-13-8-12-23(19-25)24-17-18-28-27-14-5-4-11-26(27)21-34-31(28)20-24/h1-21H. The van der Waals surface area contributed by atoms with Crippen LogP contribution in [-0.4, -0.2) is 15.0 Å². The number of pyridine rings is 1. The van der Waals surface area contributed by atoms with Crippen molar-refractivity contribution < 1.29 is 0 Å². The quantitative estimate of drug-likeness (QED) is 0.249. The van der Waals surface area contributed by atoms with E-state index < -0.39 is 0 Å². The maximum Gasteiger partial charge on any atom is 0.0973 e. The summed E-state index contributed by atoms with van der Waals surface area (Å²) in [5, 5.41) is 3.55. The van der Waals surface area contributed by atoms with Gasteiger partial charge in [-0.25, -0.2) is 9.97 Å². The Morgan fingerprint density at radius 3 is 1.86 bits per heavy atom. The van der Waals surface area contributed by atoms with E-state index in [1.54, 1.807) is 0 Å². The molecular formula is C33H21N3. The zero-order valence-electron chi connectivity index (χ0n) is 19.5. The van der Waals surface area contributed by atoms with Crippen molar-refractivity contribution >= 4 is 32.7 Å². The second-order valence-corrected chi connectivity index (χ2v) is 8.93. The minimum atomic E-state index is 0.881. The van der Waals surface area contributed by atoms with Gasteiger partial charge in [-0.15, -0.1) is 0 Å². The highest BCUT2D eigenvalue weighted by Gasteiger charge is 2.14. The molecule has 36 heavy (non-hydrogen) atoms. The van der Waals surface area contributed by atoms with Crippen molar-refractivity contribution in [3.05, 3.63) is 128 Å². The molecule has 7 aromatic rings. The monoisotopic (exact) mass is 459 g/mol. The van der Waals surface area contributed by atoms with Gasteiger partial charge in [0.15, 0.2) is 0 Å². The molecule has 2 aromatic heterocycles.